The van der Waals surface area contributed by atoms with Gasteiger partial charge in [-0.1, -0.05) is 42.5 Å². The fourth-order valence-corrected chi connectivity index (χ4v) is 2.83. The van der Waals surface area contributed by atoms with Crippen LogP contribution in [0, 0.1) is 0 Å². The second kappa shape index (κ2) is 6.45. The molecule has 0 spiro atoms. The molecule has 2 aromatic carbocycles. The van der Waals surface area contributed by atoms with Crippen molar-refractivity contribution in [1.29, 1.82) is 0 Å². The zero-order valence-electron chi connectivity index (χ0n) is 10.8. The molecule has 2 rings (SSSR count). The molecule has 0 aromatic heterocycles. The van der Waals surface area contributed by atoms with E-state index >= 15 is 0 Å². The minimum atomic E-state index is -3.45. The van der Waals surface area contributed by atoms with E-state index in [9.17, 15) is 13.2 Å². The molecule has 0 heterocycles. The lowest BCUT2D eigenvalue weighted by Crippen LogP contribution is -2.25. The summed E-state index contributed by atoms with van der Waals surface area (Å²) < 4.78 is 26.5. The Morgan fingerprint density at radius 3 is 2.20 bits per heavy atom. The maximum absolute atomic E-state index is 12.0. The van der Waals surface area contributed by atoms with E-state index in [-0.39, 0.29) is 4.90 Å². The first kappa shape index (κ1) is 14.4. The predicted octanol–water partition coefficient (Wildman–Crippen LogP) is 2.02. The smallest absolute Gasteiger partial charge is 0.240 e. The maximum Gasteiger partial charge on any atom is 0.240 e. The molecule has 0 radical (unpaired) electrons. The second-order valence-electron chi connectivity index (χ2n) is 4.32. The van der Waals surface area contributed by atoms with Crippen LogP contribution in [0.1, 0.15) is 15.9 Å². The molecule has 0 unspecified atom stereocenters. The van der Waals surface area contributed by atoms with Crippen molar-refractivity contribution in [3.8, 4) is 0 Å². The highest BCUT2D eigenvalue weighted by atomic mass is 32.2. The zero-order chi connectivity index (χ0) is 14.4. The van der Waals surface area contributed by atoms with Gasteiger partial charge in [-0.25, -0.2) is 13.1 Å². The molecule has 0 aliphatic carbocycles. The average Bonchev–Trinajstić information content (AvgIpc) is 2.49. The van der Waals surface area contributed by atoms with Crippen molar-refractivity contribution in [3.63, 3.8) is 0 Å². The van der Waals surface area contributed by atoms with E-state index in [0.717, 1.165) is 11.8 Å². The molecule has 0 fully saturated rings. The van der Waals surface area contributed by atoms with Crippen LogP contribution in [0.4, 0.5) is 0 Å². The standard InChI is InChI=1S/C15H15NO3S/c17-12-14-8-6-13(7-9-14)10-11-16-20(18,19)15-4-2-1-3-5-15/h1-9,12,16H,10-11H2. The Morgan fingerprint density at radius 1 is 0.950 bits per heavy atom. The number of aldehydes is 1. The summed E-state index contributed by atoms with van der Waals surface area (Å²) in [5.74, 6) is 0. The molecule has 0 aliphatic rings. The fraction of sp³-hybridized carbons (Fsp3) is 0.133. The van der Waals surface area contributed by atoms with Gasteiger partial charge in [0, 0.05) is 12.1 Å². The van der Waals surface area contributed by atoms with Crippen LogP contribution in [0.25, 0.3) is 0 Å². The van der Waals surface area contributed by atoms with Gasteiger partial charge in [-0.2, -0.15) is 0 Å². The highest BCUT2D eigenvalue weighted by Crippen LogP contribution is 2.08. The molecule has 5 heteroatoms. The SMILES string of the molecule is O=Cc1ccc(CCNS(=O)(=O)c2ccccc2)cc1. The van der Waals surface area contributed by atoms with Gasteiger partial charge in [-0.05, 0) is 24.1 Å². The topological polar surface area (TPSA) is 63.2 Å². The van der Waals surface area contributed by atoms with Crippen molar-refractivity contribution < 1.29 is 13.2 Å². The molecule has 104 valence electrons. The fourth-order valence-electron chi connectivity index (χ4n) is 1.78. The molecule has 1 N–H and O–H groups in total. The third kappa shape index (κ3) is 3.76. The van der Waals surface area contributed by atoms with Crippen molar-refractivity contribution >= 4 is 16.3 Å². The van der Waals surface area contributed by atoms with Gasteiger partial charge in [-0.15, -0.1) is 0 Å². The highest BCUT2D eigenvalue weighted by molar-refractivity contribution is 7.89. The van der Waals surface area contributed by atoms with Gasteiger partial charge in [0.2, 0.25) is 10.0 Å². The first-order valence-electron chi connectivity index (χ1n) is 6.21. The molecule has 4 nitrogen and oxygen atoms in total. The van der Waals surface area contributed by atoms with Gasteiger partial charge in [0.25, 0.3) is 0 Å². The van der Waals surface area contributed by atoms with E-state index in [1.54, 1.807) is 42.5 Å². The normalized spacial score (nSPS) is 11.2. The number of hydrogen-bond acceptors (Lipinski definition) is 3. The Morgan fingerprint density at radius 2 is 1.60 bits per heavy atom. The quantitative estimate of drug-likeness (QED) is 0.828. The van der Waals surface area contributed by atoms with Gasteiger partial charge < -0.3 is 0 Å². The zero-order valence-corrected chi connectivity index (χ0v) is 11.6. The van der Waals surface area contributed by atoms with Crippen LogP contribution < -0.4 is 4.72 Å². The van der Waals surface area contributed by atoms with Crippen LogP contribution in [0.15, 0.2) is 59.5 Å². The highest BCUT2D eigenvalue weighted by Gasteiger charge is 2.11. The molecule has 20 heavy (non-hydrogen) atoms. The summed E-state index contributed by atoms with van der Waals surface area (Å²) in [4.78, 5) is 10.8. The van der Waals surface area contributed by atoms with Gasteiger partial charge in [0.05, 0.1) is 4.90 Å². The van der Waals surface area contributed by atoms with Crippen LogP contribution in [0.5, 0.6) is 0 Å². The molecule has 0 aliphatic heterocycles. The van der Waals surface area contributed by atoms with Crippen molar-refractivity contribution in [2.75, 3.05) is 6.54 Å². The maximum atomic E-state index is 12.0. The average molecular weight is 289 g/mol. The molecule has 0 atom stereocenters. The lowest BCUT2D eigenvalue weighted by Gasteiger charge is -2.06. The van der Waals surface area contributed by atoms with E-state index in [1.807, 2.05) is 12.1 Å². The minimum Gasteiger partial charge on any atom is -0.298 e. The molecular weight excluding hydrogens is 274 g/mol. The number of benzene rings is 2. The Hall–Kier alpha value is -1.98. The van der Waals surface area contributed by atoms with E-state index in [4.69, 9.17) is 0 Å². The molecular formula is C15H15NO3S. The lowest BCUT2D eigenvalue weighted by atomic mass is 10.1. The van der Waals surface area contributed by atoms with Crippen LogP contribution in [0.2, 0.25) is 0 Å². The van der Waals surface area contributed by atoms with E-state index in [2.05, 4.69) is 4.72 Å². The van der Waals surface area contributed by atoms with Crippen LogP contribution in [-0.4, -0.2) is 21.2 Å². The Bertz CT molecular complexity index is 664. The van der Waals surface area contributed by atoms with Crippen molar-refractivity contribution in [1.82, 2.24) is 4.72 Å². The number of carbonyl (C=O) groups excluding carboxylic acids is 1. The molecule has 0 bridgehead atoms. The second-order valence-corrected chi connectivity index (χ2v) is 6.09. The number of hydrogen-bond donors (Lipinski definition) is 1. The number of sulfonamides is 1. The summed E-state index contributed by atoms with van der Waals surface area (Å²) in [6.45, 7) is 0.317. The van der Waals surface area contributed by atoms with Crippen molar-refractivity contribution in [2.24, 2.45) is 0 Å². The summed E-state index contributed by atoms with van der Waals surface area (Å²) in [5.41, 5.74) is 1.59. The predicted molar refractivity (Wildman–Crippen MR) is 77.2 cm³/mol. The number of carbonyl (C=O) groups is 1. The first-order valence-corrected chi connectivity index (χ1v) is 7.69. The molecule has 0 amide bonds. The summed E-state index contributed by atoms with van der Waals surface area (Å²) in [7, 11) is -3.45. The number of rotatable bonds is 6. The monoisotopic (exact) mass is 289 g/mol. The Kier molecular flexibility index (Phi) is 4.65. The van der Waals surface area contributed by atoms with Crippen LogP contribution in [0.3, 0.4) is 0 Å². The van der Waals surface area contributed by atoms with Crippen molar-refractivity contribution in [2.45, 2.75) is 11.3 Å². The van der Waals surface area contributed by atoms with Gasteiger partial charge in [0.15, 0.2) is 0 Å². The Labute approximate surface area is 118 Å². The summed E-state index contributed by atoms with van der Waals surface area (Å²) in [6.07, 6.45) is 1.35. The van der Waals surface area contributed by atoms with E-state index < -0.39 is 10.0 Å². The molecule has 2 aromatic rings. The first-order chi connectivity index (χ1) is 9.62. The van der Waals surface area contributed by atoms with E-state index in [0.29, 0.717) is 18.5 Å². The van der Waals surface area contributed by atoms with Gasteiger partial charge in [0.1, 0.15) is 6.29 Å². The summed E-state index contributed by atoms with van der Waals surface area (Å²) >= 11 is 0. The van der Waals surface area contributed by atoms with E-state index in [1.165, 1.54) is 0 Å². The molecule has 0 saturated carbocycles. The lowest BCUT2D eigenvalue weighted by molar-refractivity contribution is 0.112. The van der Waals surface area contributed by atoms with Crippen LogP contribution >= 0.6 is 0 Å². The van der Waals surface area contributed by atoms with Crippen LogP contribution in [-0.2, 0) is 16.4 Å². The third-order valence-corrected chi connectivity index (χ3v) is 4.35. The largest absolute Gasteiger partial charge is 0.298 e. The third-order valence-electron chi connectivity index (χ3n) is 2.88. The summed E-state index contributed by atoms with van der Waals surface area (Å²) in [5, 5.41) is 0. The van der Waals surface area contributed by atoms with Gasteiger partial charge >= 0.3 is 0 Å². The van der Waals surface area contributed by atoms with Gasteiger partial charge in [-0.3, -0.25) is 4.79 Å². The van der Waals surface area contributed by atoms with Crippen molar-refractivity contribution in [3.05, 3.63) is 65.7 Å². The minimum absolute atomic E-state index is 0.260. The Balaban J connectivity index is 1.93. The number of nitrogens with one attached hydrogen (secondary N) is 1. The molecule has 0 saturated heterocycles. The summed E-state index contributed by atoms with van der Waals surface area (Å²) in [6, 6.07) is 15.3.